The SMILES string of the molecule is CCCCCCn1c(SCC(=O)NCCC)nc2ccccc2c1=O. The highest BCUT2D eigenvalue weighted by atomic mass is 32.2. The smallest absolute Gasteiger partial charge is 0.262 e. The highest BCUT2D eigenvalue weighted by Crippen LogP contribution is 2.18. The normalized spacial score (nSPS) is 11.0. The minimum Gasteiger partial charge on any atom is -0.355 e. The van der Waals surface area contributed by atoms with Crippen LogP contribution < -0.4 is 10.9 Å². The summed E-state index contributed by atoms with van der Waals surface area (Å²) in [5.74, 6) is 0.256. The predicted octanol–water partition coefficient (Wildman–Crippen LogP) is 3.60. The van der Waals surface area contributed by atoms with Gasteiger partial charge in [-0.05, 0) is 25.0 Å². The zero-order valence-corrected chi connectivity index (χ0v) is 15.9. The van der Waals surface area contributed by atoms with Gasteiger partial charge in [0.25, 0.3) is 5.56 Å². The summed E-state index contributed by atoms with van der Waals surface area (Å²) in [4.78, 5) is 29.4. The van der Waals surface area contributed by atoms with Gasteiger partial charge in [-0.15, -0.1) is 0 Å². The molecule has 0 radical (unpaired) electrons. The van der Waals surface area contributed by atoms with E-state index in [1.165, 1.54) is 11.8 Å². The van der Waals surface area contributed by atoms with Gasteiger partial charge in [-0.25, -0.2) is 4.98 Å². The number of amides is 1. The topological polar surface area (TPSA) is 64.0 Å². The number of hydrogen-bond acceptors (Lipinski definition) is 4. The van der Waals surface area contributed by atoms with Crippen molar-refractivity contribution in [3.63, 3.8) is 0 Å². The van der Waals surface area contributed by atoms with Crippen LogP contribution in [0.2, 0.25) is 0 Å². The molecule has 5 nitrogen and oxygen atoms in total. The number of unbranched alkanes of at least 4 members (excludes halogenated alkanes) is 3. The number of nitrogens with one attached hydrogen (secondary N) is 1. The van der Waals surface area contributed by atoms with Crippen molar-refractivity contribution in [3.05, 3.63) is 34.6 Å². The van der Waals surface area contributed by atoms with E-state index in [2.05, 4.69) is 17.2 Å². The molecular weight excluding hydrogens is 334 g/mol. The fraction of sp³-hybridized carbons (Fsp3) is 0.526. The summed E-state index contributed by atoms with van der Waals surface area (Å²) in [5.41, 5.74) is 0.673. The Balaban J connectivity index is 2.22. The van der Waals surface area contributed by atoms with E-state index in [-0.39, 0.29) is 17.2 Å². The third-order valence-electron chi connectivity index (χ3n) is 3.97. The molecule has 0 aliphatic carbocycles. The molecule has 25 heavy (non-hydrogen) atoms. The van der Waals surface area contributed by atoms with E-state index in [0.29, 0.717) is 29.1 Å². The van der Waals surface area contributed by atoms with Crippen molar-refractivity contribution in [2.45, 2.75) is 57.7 Å². The van der Waals surface area contributed by atoms with Crippen LogP contribution in [0.25, 0.3) is 10.9 Å². The van der Waals surface area contributed by atoms with Crippen molar-refractivity contribution < 1.29 is 4.79 Å². The summed E-state index contributed by atoms with van der Waals surface area (Å²) in [5, 5.41) is 4.13. The molecule has 0 unspecified atom stereocenters. The third kappa shape index (κ3) is 5.59. The van der Waals surface area contributed by atoms with Crippen LogP contribution in [0.15, 0.2) is 34.2 Å². The van der Waals surface area contributed by atoms with E-state index < -0.39 is 0 Å². The fourth-order valence-corrected chi connectivity index (χ4v) is 3.45. The molecule has 1 N–H and O–H groups in total. The first-order chi connectivity index (χ1) is 12.2. The second-order valence-electron chi connectivity index (χ2n) is 6.07. The summed E-state index contributed by atoms with van der Waals surface area (Å²) in [7, 11) is 0. The lowest BCUT2D eigenvalue weighted by atomic mass is 10.2. The molecule has 2 rings (SSSR count). The molecule has 6 heteroatoms. The average Bonchev–Trinajstić information content (AvgIpc) is 2.63. The van der Waals surface area contributed by atoms with E-state index in [0.717, 1.165) is 32.1 Å². The summed E-state index contributed by atoms with van der Waals surface area (Å²) in [6, 6.07) is 7.40. The van der Waals surface area contributed by atoms with Gasteiger partial charge in [0.1, 0.15) is 0 Å². The number of fused-ring (bicyclic) bond motifs is 1. The van der Waals surface area contributed by atoms with Gasteiger partial charge in [0, 0.05) is 13.1 Å². The molecule has 0 aliphatic rings. The molecule has 1 amide bonds. The van der Waals surface area contributed by atoms with Crippen LogP contribution in [0.3, 0.4) is 0 Å². The summed E-state index contributed by atoms with van der Waals surface area (Å²) in [6.07, 6.45) is 5.27. The van der Waals surface area contributed by atoms with Crippen molar-refractivity contribution in [1.29, 1.82) is 0 Å². The number of carbonyl (C=O) groups excluding carboxylic acids is 1. The van der Waals surface area contributed by atoms with Crippen molar-refractivity contribution >= 4 is 28.6 Å². The Kier molecular flexibility index (Phi) is 7.98. The molecule has 0 atom stereocenters. The molecule has 136 valence electrons. The van der Waals surface area contributed by atoms with E-state index in [9.17, 15) is 9.59 Å². The van der Waals surface area contributed by atoms with Crippen LogP contribution in [-0.4, -0.2) is 27.8 Å². The number of nitrogens with zero attached hydrogens (tertiary/aromatic N) is 2. The minimum absolute atomic E-state index is 0.0152. The number of benzene rings is 1. The molecule has 0 saturated heterocycles. The monoisotopic (exact) mass is 361 g/mol. The lowest BCUT2D eigenvalue weighted by Gasteiger charge is -2.13. The molecule has 0 fully saturated rings. The Morgan fingerprint density at radius 3 is 2.72 bits per heavy atom. The van der Waals surface area contributed by atoms with Gasteiger partial charge in [0.2, 0.25) is 5.91 Å². The number of para-hydroxylation sites is 1. The highest BCUT2D eigenvalue weighted by Gasteiger charge is 2.12. The minimum atomic E-state index is -0.0215. The quantitative estimate of drug-likeness (QED) is 0.399. The van der Waals surface area contributed by atoms with Gasteiger partial charge < -0.3 is 5.32 Å². The van der Waals surface area contributed by atoms with Crippen molar-refractivity contribution in [3.8, 4) is 0 Å². The molecular formula is C19H27N3O2S. The first kappa shape index (κ1) is 19.5. The first-order valence-electron chi connectivity index (χ1n) is 9.06. The first-order valence-corrected chi connectivity index (χ1v) is 10.0. The maximum absolute atomic E-state index is 12.8. The van der Waals surface area contributed by atoms with Gasteiger partial charge in [0.15, 0.2) is 5.16 Å². The standard InChI is InChI=1S/C19H27N3O2S/c1-3-5-6-9-13-22-18(24)15-10-7-8-11-16(15)21-19(22)25-14-17(23)20-12-4-2/h7-8,10-11H,3-6,9,12-14H2,1-2H3,(H,20,23). The fourth-order valence-electron chi connectivity index (χ4n) is 2.60. The Labute approximate surface area is 153 Å². The average molecular weight is 362 g/mol. The number of carbonyl (C=O) groups is 1. The van der Waals surface area contributed by atoms with E-state index in [1.54, 1.807) is 4.57 Å². The van der Waals surface area contributed by atoms with Crippen molar-refractivity contribution in [2.24, 2.45) is 0 Å². The van der Waals surface area contributed by atoms with Crippen molar-refractivity contribution in [1.82, 2.24) is 14.9 Å². The van der Waals surface area contributed by atoms with Crippen LogP contribution in [0, 0.1) is 0 Å². The van der Waals surface area contributed by atoms with E-state index >= 15 is 0 Å². The lowest BCUT2D eigenvalue weighted by Crippen LogP contribution is -2.27. The Bertz CT molecular complexity index is 758. The van der Waals surface area contributed by atoms with Crippen LogP contribution in [0.5, 0.6) is 0 Å². The molecule has 1 aromatic heterocycles. The molecule has 0 bridgehead atoms. The van der Waals surface area contributed by atoms with Crippen molar-refractivity contribution in [2.75, 3.05) is 12.3 Å². The summed E-state index contributed by atoms with van der Waals surface area (Å²) >= 11 is 1.34. The zero-order valence-electron chi connectivity index (χ0n) is 15.1. The second-order valence-corrected chi connectivity index (χ2v) is 7.01. The van der Waals surface area contributed by atoms with Gasteiger partial charge in [-0.1, -0.05) is 57.0 Å². The maximum Gasteiger partial charge on any atom is 0.262 e. The third-order valence-corrected chi connectivity index (χ3v) is 4.94. The van der Waals surface area contributed by atoms with E-state index in [4.69, 9.17) is 0 Å². The largest absolute Gasteiger partial charge is 0.355 e. The number of thioether (sulfide) groups is 1. The number of aromatic nitrogens is 2. The summed E-state index contributed by atoms with van der Waals surface area (Å²) < 4.78 is 1.73. The molecule has 1 aromatic carbocycles. The lowest BCUT2D eigenvalue weighted by molar-refractivity contribution is -0.118. The number of rotatable bonds is 10. The Morgan fingerprint density at radius 2 is 1.96 bits per heavy atom. The molecule has 0 spiro atoms. The van der Waals surface area contributed by atoms with E-state index in [1.807, 2.05) is 31.2 Å². The van der Waals surface area contributed by atoms with Gasteiger partial charge in [0.05, 0.1) is 16.7 Å². The molecule has 0 aliphatic heterocycles. The van der Waals surface area contributed by atoms with Gasteiger partial charge >= 0.3 is 0 Å². The highest BCUT2D eigenvalue weighted by molar-refractivity contribution is 7.99. The van der Waals surface area contributed by atoms with Gasteiger partial charge in [-0.2, -0.15) is 0 Å². The van der Waals surface area contributed by atoms with Crippen LogP contribution in [-0.2, 0) is 11.3 Å². The van der Waals surface area contributed by atoms with Crippen LogP contribution in [0.4, 0.5) is 0 Å². The number of hydrogen-bond donors (Lipinski definition) is 1. The molecule has 2 aromatic rings. The predicted molar refractivity (Wildman–Crippen MR) is 104 cm³/mol. The van der Waals surface area contributed by atoms with Crippen LogP contribution >= 0.6 is 11.8 Å². The molecule has 1 heterocycles. The molecule has 0 saturated carbocycles. The second kappa shape index (κ2) is 10.2. The van der Waals surface area contributed by atoms with Gasteiger partial charge in [-0.3, -0.25) is 14.2 Å². The maximum atomic E-state index is 12.8. The Hall–Kier alpha value is -1.82. The zero-order chi connectivity index (χ0) is 18.1. The summed E-state index contributed by atoms with van der Waals surface area (Å²) in [6.45, 7) is 5.51. The van der Waals surface area contributed by atoms with Crippen LogP contribution in [0.1, 0.15) is 46.0 Å². The Morgan fingerprint density at radius 1 is 1.16 bits per heavy atom.